The number of hydrogen-bond acceptors (Lipinski definition) is 4. The van der Waals surface area contributed by atoms with Crippen molar-refractivity contribution in [3.63, 3.8) is 0 Å². The van der Waals surface area contributed by atoms with Crippen molar-refractivity contribution < 1.29 is 58.8 Å². The molecule has 0 saturated heterocycles. The average Bonchev–Trinajstić information content (AvgIpc) is 2.79. The van der Waals surface area contributed by atoms with Gasteiger partial charge in [-0.25, -0.2) is 0 Å². The third kappa shape index (κ3) is 3.10. The maximum atomic E-state index is 12.9. The summed E-state index contributed by atoms with van der Waals surface area (Å²) in [5.41, 5.74) is 0.418. The molecule has 7 heteroatoms. The largest absolute Gasteiger partial charge is 0.366 e. The maximum Gasteiger partial charge on any atom is 0.262 e. The van der Waals surface area contributed by atoms with Gasteiger partial charge in [-0.2, -0.15) is 0 Å². The Hall–Kier alpha value is -0.473. The van der Waals surface area contributed by atoms with Gasteiger partial charge < -0.3 is 10.2 Å². The Labute approximate surface area is 184 Å². The number of aliphatic hydroxyl groups is 2. The first-order valence-electron chi connectivity index (χ1n) is 9.31. The molecule has 4 fully saturated rings. The van der Waals surface area contributed by atoms with Crippen LogP contribution in [0.2, 0.25) is 0 Å². The molecule has 1 aromatic rings. The zero-order chi connectivity index (χ0) is 17.3. The van der Waals surface area contributed by atoms with Crippen molar-refractivity contribution in [1.29, 1.82) is 0 Å². The van der Waals surface area contributed by atoms with Crippen molar-refractivity contribution in [3.05, 3.63) is 35.4 Å². The molecule has 2 radical (unpaired) electrons. The Morgan fingerprint density at radius 1 is 0.852 bits per heavy atom. The third-order valence-electron chi connectivity index (χ3n) is 7.10. The molecular weight excluding hydrogens is 524 g/mol. The fraction of sp³-hybridized carbons (Fsp3) is 0.600. The SMILES string of the molecule is O=C1c2ccccc2C(=O)N1C(C(O)O)C12CC3CC(CC(C3)C1)C2.[Rh].[Rh]. The fourth-order valence-corrected chi connectivity index (χ4v) is 6.72. The minimum atomic E-state index is -1.70. The molecule has 5 aliphatic rings. The van der Waals surface area contributed by atoms with Gasteiger partial charge in [-0.1, -0.05) is 12.1 Å². The smallest absolute Gasteiger partial charge is 0.262 e. The molecule has 6 rings (SSSR count). The molecule has 1 unspecified atom stereocenters. The van der Waals surface area contributed by atoms with E-state index in [0.29, 0.717) is 28.9 Å². The monoisotopic (exact) mass is 547 g/mol. The van der Waals surface area contributed by atoms with Crippen LogP contribution in [0.25, 0.3) is 0 Å². The van der Waals surface area contributed by atoms with Gasteiger partial charge in [0.25, 0.3) is 11.8 Å². The topological polar surface area (TPSA) is 77.8 Å². The van der Waals surface area contributed by atoms with Crippen LogP contribution in [0.1, 0.15) is 59.2 Å². The van der Waals surface area contributed by atoms with Gasteiger partial charge in [0.1, 0.15) is 0 Å². The van der Waals surface area contributed by atoms with Gasteiger partial charge in [0, 0.05) is 39.0 Å². The summed E-state index contributed by atoms with van der Waals surface area (Å²) in [6.07, 6.45) is 4.65. The quantitative estimate of drug-likeness (QED) is 0.346. The van der Waals surface area contributed by atoms with E-state index in [1.54, 1.807) is 24.3 Å². The fourth-order valence-electron chi connectivity index (χ4n) is 6.72. The molecule has 4 saturated carbocycles. The van der Waals surface area contributed by atoms with E-state index in [2.05, 4.69) is 0 Å². The number of rotatable bonds is 3. The Morgan fingerprint density at radius 3 is 1.63 bits per heavy atom. The Bertz CT molecular complexity index is 696. The van der Waals surface area contributed by atoms with Gasteiger partial charge in [-0.3, -0.25) is 14.5 Å². The second-order valence-corrected chi connectivity index (χ2v) is 8.66. The molecule has 0 aromatic heterocycles. The number of fused-ring (bicyclic) bond motifs is 1. The van der Waals surface area contributed by atoms with Crippen LogP contribution in [0.4, 0.5) is 0 Å². The number of carbonyl (C=O) groups is 2. The van der Waals surface area contributed by atoms with Gasteiger partial charge in [-0.15, -0.1) is 0 Å². The molecule has 1 aliphatic heterocycles. The zero-order valence-corrected chi connectivity index (χ0v) is 18.0. The molecule has 1 atom stereocenters. The molecular formula is C20H23NO4Rh2. The van der Waals surface area contributed by atoms with Crippen molar-refractivity contribution in [1.82, 2.24) is 4.90 Å². The van der Waals surface area contributed by atoms with E-state index in [4.69, 9.17) is 0 Å². The van der Waals surface area contributed by atoms with Crippen molar-refractivity contribution in [2.45, 2.75) is 50.9 Å². The molecule has 4 aliphatic carbocycles. The number of aliphatic hydroxyl groups excluding tert-OH is 1. The van der Waals surface area contributed by atoms with Gasteiger partial charge in [0.15, 0.2) is 6.29 Å². The maximum absolute atomic E-state index is 12.9. The minimum absolute atomic E-state index is 0. The molecule has 2 amide bonds. The van der Waals surface area contributed by atoms with Crippen molar-refractivity contribution in [2.24, 2.45) is 23.2 Å². The molecule has 27 heavy (non-hydrogen) atoms. The summed E-state index contributed by atoms with van der Waals surface area (Å²) in [6.45, 7) is 0. The summed E-state index contributed by atoms with van der Waals surface area (Å²) in [4.78, 5) is 27.0. The van der Waals surface area contributed by atoms with Gasteiger partial charge in [0.2, 0.25) is 0 Å². The number of hydrogen-bond donors (Lipinski definition) is 2. The van der Waals surface area contributed by atoms with E-state index in [1.807, 2.05) is 0 Å². The van der Waals surface area contributed by atoms with Crippen LogP contribution < -0.4 is 0 Å². The van der Waals surface area contributed by atoms with Crippen LogP contribution in [0.15, 0.2) is 24.3 Å². The van der Waals surface area contributed by atoms with E-state index in [1.165, 1.54) is 24.2 Å². The standard InChI is InChI=1S/C20H23NO4.2Rh/c22-17-14-3-1-2-4-15(14)18(23)21(17)16(19(24)25)20-8-11-5-12(9-20)7-13(6-11)10-20;;/h1-4,11-13,16,19,24-25H,5-10H2;;. The molecule has 0 spiro atoms. The van der Waals surface area contributed by atoms with E-state index in [0.717, 1.165) is 19.3 Å². The van der Waals surface area contributed by atoms with Crippen LogP contribution in [-0.4, -0.2) is 39.3 Å². The van der Waals surface area contributed by atoms with E-state index < -0.39 is 12.3 Å². The summed E-state index contributed by atoms with van der Waals surface area (Å²) < 4.78 is 0. The normalized spacial score (nSPS) is 34.3. The second kappa shape index (κ2) is 7.41. The van der Waals surface area contributed by atoms with Gasteiger partial charge in [-0.05, 0) is 73.8 Å². The van der Waals surface area contributed by atoms with Crippen LogP contribution in [0.3, 0.4) is 0 Å². The van der Waals surface area contributed by atoms with Crippen molar-refractivity contribution in [2.75, 3.05) is 0 Å². The molecule has 4 bridgehead atoms. The number of carbonyl (C=O) groups excluding carboxylic acids is 2. The van der Waals surface area contributed by atoms with Crippen LogP contribution >= 0.6 is 0 Å². The third-order valence-corrected chi connectivity index (χ3v) is 7.10. The predicted molar refractivity (Wildman–Crippen MR) is 89.6 cm³/mol. The summed E-state index contributed by atoms with van der Waals surface area (Å²) in [5.74, 6) is 1.04. The number of benzene rings is 1. The molecule has 1 aromatic carbocycles. The van der Waals surface area contributed by atoms with Crippen LogP contribution in [0.5, 0.6) is 0 Å². The Kier molecular flexibility index (Phi) is 5.83. The zero-order valence-electron chi connectivity index (χ0n) is 14.8. The van der Waals surface area contributed by atoms with Crippen LogP contribution in [-0.2, 0) is 39.0 Å². The summed E-state index contributed by atoms with van der Waals surface area (Å²) in [5, 5.41) is 20.5. The predicted octanol–water partition coefficient (Wildman–Crippen LogP) is 2.17. The Balaban J connectivity index is 0.00000105. The van der Waals surface area contributed by atoms with Gasteiger partial charge in [0.05, 0.1) is 17.2 Å². The van der Waals surface area contributed by atoms with Crippen molar-refractivity contribution >= 4 is 11.8 Å². The average molecular weight is 547 g/mol. The van der Waals surface area contributed by atoms with Crippen molar-refractivity contribution in [3.8, 4) is 0 Å². The van der Waals surface area contributed by atoms with E-state index in [-0.39, 0.29) is 56.2 Å². The molecule has 1 heterocycles. The first-order chi connectivity index (χ1) is 12.0. The Morgan fingerprint density at radius 2 is 1.26 bits per heavy atom. The molecule has 2 N–H and O–H groups in total. The number of amides is 2. The number of imide groups is 1. The summed E-state index contributed by atoms with van der Waals surface area (Å²) in [7, 11) is 0. The molecule has 5 nitrogen and oxygen atoms in total. The minimum Gasteiger partial charge on any atom is -0.366 e. The number of nitrogens with zero attached hydrogens (tertiary/aromatic N) is 1. The molecule has 150 valence electrons. The first kappa shape index (κ1) is 21.2. The first-order valence-corrected chi connectivity index (χ1v) is 9.31. The summed E-state index contributed by atoms with van der Waals surface area (Å²) in [6, 6.07) is 5.94. The second-order valence-electron chi connectivity index (χ2n) is 8.66. The van der Waals surface area contributed by atoms with Crippen LogP contribution in [0, 0.1) is 23.2 Å². The summed E-state index contributed by atoms with van der Waals surface area (Å²) >= 11 is 0. The van der Waals surface area contributed by atoms with Gasteiger partial charge >= 0.3 is 0 Å². The van der Waals surface area contributed by atoms with E-state index >= 15 is 0 Å². The van der Waals surface area contributed by atoms with E-state index in [9.17, 15) is 19.8 Å².